The smallest absolute Gasteiger partial charge is 0.230 e. The summed E-state index contributed by atoms with van der Waals surface area (Å²) < 4.78 is 29.6. The molecular formula is C27H27FN2O5. The van der Waals surface area contributed by atoms with Gasteiger partial charge in [0, 0.05) is 18.2 Å². The number of carbonyl (C=O) groups excluding carboxylic acids is 2. The average molecular weight is 479 g/mol. The van der Waals surface area contributed by atoms with Crippen LogP contribution in [0, 0.1) is 11.7 Å². The van der Waals surface area contributed by atoms with Crippen molar-refractivity contribution in [2.24, 2.45) is 5.92 Å². The molecule has 1 heterocycles. The molecule has 2 atom stereocenters. The molecule has 0 aromatic heterocycles. The van der Waals surface area contributed by atoms with Gasteiger partial charge in [-0.3, -0.25) is 9.59 Å². The lowest BCUT2D eigenvalue weighted by Gasteiger charge is -2.41. The van der Waals surface area contributed by atoms with E-state index in [4.69, 9.17) is 14.2 Å². The first-order chi connectivity index (χ1) is 16.9. The van der Waals surface area contributed by atoms with Crippen molar-refractivity contribution in [2.75, 3.05) is 31.5 Å². The van der Waals surface area contributed by atoms with Gasteiger partial charge in [0.05, 0.1) is 39.0 Å². The molecule has 2 amide bonds. The fourth-order valence-electron chi connectivity index (χ4n) is 4.38. The Bertz CT molecular complexity index is 1200. The third-order valence-electron chi connectivity index (χ3n) is 6.16. The first-order valence-corrected chi connectivity index (χ1v) is 11.2. The second kappa shape index (κ2) is 10.5. The van der Waals surface area contributed by atoms with Gasteiger partial charge >= 0.3 is 0 Å². The van der Waals surface area contributed by atoms with Gasteiger partial charge in [-0.05, 0) is 60.5 Å². The second-order valence-corrected chi connectivity index (χ2v) is 8.16. The Balaban J connectivity index is 1.72. The van der Waals surface area contributed by atoms with Gasteiger partial charge in [-0.15, -0.1) is 0 Å². The van der Waals surface area contributed by atoms with Crippen LogP contribution >= 0.6 is 0 Å². The first-order valence-electron chi connectivity index (χ1n) is 11.2. The summed E-state index contributed by atoms with van der Waals surface area (Å²) in [4.78, 5) is 28.4. The van der Waals surface area contributed by atoms with Crippen molar-refractivity contribution < 1.29 is 28.2 Å². The summed E-state index contributed by atoms with van der Waals surface area (Å²) in [5.41, 5.74) is 1.78. The third kappa shape index (κ3) is 5.06. The fraction of sp³-hybridized carbons (Fsp3) is 0.259. The van der Waals surface area contributed by atoms with Gasteiger partial charge in [0.15, 0.2) is 0 Å². The highest BCUT2D eigenvalue weighted by Crippen LogP contribution is 2.41. The van der Waals surface area contributed by atoms with E-state index in [0.29, 0.717) is 40.6 Å². The molecule has 1 aliphatic rings. The largest absolute Gasteiger partial charge is 0.497 e. The van der Waals surface area contributed by atoms with E-state index in [0.717, 1.165) is 0 Å². The van der Waals surface area contributed by atoms with Crippen molar-refractivity contribution in [3.63, 3.8) is 0 Å². The summed E-state index contributed by atoms with van der Waals surface area (Å²) in [7, 11) is 4.62. The quantitative estimate of drug-likeness (QED) is 0.519. The van der Waals surface area contributed by atoms with Crippen molar-refractivity contribution in [1.82, 2.24) is 0 Å². The summed E-state index contributed by atoms with van der Waals surface area (Å²) >= 11 is 0. The molecule has 0 aliphatic carbocycles. The van der Waals surface area contributed by atoms with Gasteiger partial charge < -0.3 is 24.4 Å². The van der Waals surface area contributed by atoms with Crippen molar-refractivity contribution in [3.8, 4) is 17.2 Å². The topological polar surface area (TPSA) is 77.1 Å². The molecule has 1 N–H and O–H groups in total. The number of hydrogen-bond donors (Lipinski definition) is 1. The SMILES string of the molecule is COc1ccc(N2C(=O)CC[C@H](C(=O)Nc3ccc(OC)cc3OC)[C@@H]2c2ccc(F)cc2)cc1. The van der Waals surface area contributed by atoms with Crippen LogP contribution in [0.1, 0.15) is 24.4 Å². The van der Waals surface area contributed by atoms with Crippen molar-refractivity contribution in [2.45, 2.75) is 18.9 Å². The maximum absolute atomic E-state index is 13.7. The highest BCUT2D eigenvalue weighted by Gasteiger charge is 2.41. The Hall–Kier alpha value is -4.07. The predicted molar refractivity (Wildman–Crippen MR) is 131 cm³/mol. The van der Waals surface area contributed by atoms with Crippen LogP contribution in [0.5, 0.6) is 17.2 Å². The first kappa shape index (κ1) is 24.1. The van der Waals surface area contributed by atoms with E-state index in [1.165, 1.54) is 19.2 Å². The minimum atomic E-state index is -0.630. The molecule has 1 fully saturated rings. The van der Waals surface area contributed by atoms with Crippen LogP contribution in [0.3, 0.4) is 0 Å². The van der Waals surface area contributed by atoms with Crippen LogP contribution in [-0.4, -0.2) is 33.1 Å². The predicted octanol–water partition coefficient (Wildman–Crippen LogP) is 4.97. The van der Waals surface area contributed by atoms with E-state index in [1.807, 2.05) is 0 Å². The third-order valence-corrected chi connectivity index (χ3v) is 6.16. The Labute approximate surface area is 203 Å². The molecule has 7 nitrogen and oxygen atoms in total. The lowest BCUT2D eigenvalue weighted by atomic mass is 9.83. The zero-order valence-corrected chi connectivity index (χ0v) is 19.8. The number of hydrogen-bond acceptors (Lipinski definition) is 5. The number of nitrogens with zero attached hydrogens (tertiary/aromatic N) is 1. The van der Waals surface area contributed by atoms with Crippen molar-refractivity contribution in [1.29, 1.82) is 0 Å². The Morgan fingerprint density at radius 2 is 1.57 bits per heavy atom. The highest BCUT2D eigenvalue weighted by atomic mass is 19.1. The standard InChI is InChI=1S/C27H27FN2O5/c1-33-20-10-8-19(9-11-20)30-25(31)15-13-22(26(30)17-4-6-18(28)7-5-17)27(32)29-23-14-12-21(34-2)16-24(23)35-3/h4-12,14,16,22,26H,13,15H2,1-3H3,(H,29,32)/t22-,26-/m0/s1. The number of benzene rings is 3. The number of ether oxygens (including phenoxy) is 3. The van der Waals surface area contributed by atoms with E-state index in [-0.39, 0.29) is 18.2 Å². The molecular weight excluding hydrogens is 451 g/mol. The molecule has 0 spiro atoms. The zero-order chi connectivity index (χ0) is 24.9. The number of rotatable bonds is 7. The molecule has 1 aliphatic heterocycles. The lowest BCUT2D eigenvalue weighted by Crippen LogP contribution is -2.47. The Morgan fingerprint density at radius 1 is 0.914 bits per heavy atom. The maximum Gasteiger partial charge on any atom is 0.230 e. The maximum atomic E-state index is 13.7. The molecule has 0 radical (unpaired) electrons. The number of methoxy groups -OCH3 is 3. The Morgan fingerprint density at radius 3 is 2.20 bits per heavy atom. The van der Waals surface area contributed by atoms with Crippen LogP contribution in [0.25, 0.3) is 0 Å². The molecule has 3 aromatic rings. The van der Waals surface area contributed by atoms with E-state index in [2.05, 4.69) is 5.32 Å². The molecule has 1 saturated heterocycles. The van der Waals surface area contributed by atoms with Crippen LogP contribution in [-0.2, 0) is 9.59 Å². The minimum absolute atomic E-state index is 0.115. The van der Waals surface area contributed by atoms with Gasteiger partial charge in [0.25, 0.3) is 0 Å². The van der Waals surface area contributed by atoms with Crippen molar-refractivity contribution >= 4 is 23.2 Å². The molecule has 0 unspecified atom stereocenters. The van der Waals surface area contributed by atoms with E-state index < -0.39 is 17.8 Å². The van der Waals surface area contributed by atoms with Crippen LogP contribution < -0.4 is 24.4 Å². The number of halogens is 1. The number of carbonyl (C=O) groups is 2. The van der Waals surface area contributed by atoms with Gasteiger partial charge in [0.1, 0.15) is 23.1 Å². The molecule has 0 bridgehead atoms. The number of piperidine rings is 1. The number of anilines is 2. The highest BCUT2D eigenvalue weighted by molar-refractivity contribution is 6.00. The fourth-order valence-corrected chi connectivity index (χ4v) is 4.38. The summed E-state index contributed by atoms with van der Waals surface area (Å²) in [6, 6.07) is 17.5. The van der Waals surface area contributed by atoms with Gasteiger partial charge in [-0.25, -0.2) is 4.39 Å². The van der Waals surface area contributed by atoms with Gasteiger partial charge in [0.2, 0.25) is 11.8 Å². The summed E-state index contributed by atoms with van der Waals surface area (Å²) in [6.45, 7) is 0. The molecule has 3 aromatic carbocycles. The Kier molecular flexibility index (Phi) is 7.19. The summed E-state index contributed by atoms with van der Waals surface area (Å²) in [6.07, 6.45) is 0.541. The van der Waals surface area contributed by atoms with Gasteiger partial charge in [-0.1, -0.05) is 12.1 Å². The molecule has 8 heteroatoms. The van der Waals surface area contributed by atoms with Crippen molar-refractivity contribution in [3.05, 3.63) is 78.1 Å². The van der Waals surface area contributed by atoms with E-state index in [9.17, 15) is 14.0 Å². The van der Waals surface area contributed by atoms with Crippen LogP contribution in [0.2, 0.25) is 0 Å². The second-order valence-electron chi connectivity index (χ2n) is 8.16. The molecule has 4 rings (SSSR count). The summed E-state index contributed by atoms with van der Waals surface area (Å²) in [5, 5.41) is 2.95. The monoisotopic (exact) mass is 478 g/mol. The van der Waals surface area contributed by atoms with Gasteiger partial charge in [-0.2, -0.15) is 0 Å². The van der Waals surface area contributed by atoms with Crippen LogP contribution in [0.4, 0.5) is 15.8 Å². The lowest BCUT2D eigenvalue weighted by molar-refractivity contribution is -0.125. The number of nitrogens with one attached hydrogen (secondary N) is 1. The minimum Gasteiger partial charge on any atom is -0.497 e. The molecule has 0 saturated carbocycles. The summed E-state index contributed by atoms with van der Waals surface area (Å²) in [5.74, 6) is 0.331. The average Bonchev–Trinajstić information content (AvgIpc) is 2.89. The molecule has 35 heavy (non-hydrogen) atoms. The normalized spacial score (nSPS) is 17.6. The molecule has 182 valence electrons. The van der Waals surface area contributed by atoms with Crippen LogP contribution in [0.15, 0.2) is 66.7 Å². The van der Waals surface area contributed by atoms with E-state index >= 15 is 0 Å². The zero-order valence-electron chi connectivity index (χ0n) is 19.8. The van der Waals surface area contributed by atoms with E-state index in [1.54, 1.807) is 73.7 Å². The number of amides is 2.